The lowest BCUT2D eigenvalue weighted by atomic mass is 9.99. The van der Waals surface area contributed by atoms with Crippen LogP contribution in [0, 0.1) is 5.92 Å². The van der Waals surface area contributed by atoms with Crippen molar-refractivity contribution in [3.8, 4) is 0 Å². The number of ether oxygens (including phenoxy) is 1. The van der Waals surface area contributed by atoms with Crippen LogP contribution >= 0.6 is 0 Å². The van der Waals surface area contributed by atoms with Crippen molar-refractivity contribution >= 4 is 17.2 Å². The fourth-order valence-electron chi connectivity index (χ4n) is 1.41. The quantitative estimate of drug-likeness (QED) is 0.511. The Morgan fingerprint density at radius 3 is 2.46 bits per heavy atom. The van der Waals surface area contributed by atoms with Crippen molar-refractivity contribution in [2.75, 3.05) is 20.2 Å². The van der Waals surface area contributed by atoms with Gasteiger partial charge in [0.25, 0.3) is 0 Å². The molecule has 1 rings (SSSR count). The van der Waals surface area contributed by atoms with Crippen LogP contribution in [0.15, 0.2) is 0 Å². The minimum absolute atomic E-state index is 0.107. The highest BCUT2D eigenvalue weighted by atomic mass is 32.2. The first kappa shape index (κ1) is 10.6. The molecule has 1 atom stereocenters. The number of methoxy groups -OCH3 is 1. The molecule has 1 heterocycles. The topological polar surface area (TPSA) is 66.8 Å². The van der Waals surface area contributed by atoms with Gasteiger partial charge in [-0.15, -0.1) is 0 Å². The Kier molecular flexibility index (Phi) is 3.83. The van der Waals surface area contributed by atoms with Crippen molar-refractivity contribution in [3.05, 3.63) is 0 Å². The molecule has 13 heavy (non-hydrogen) atoms. The maximum Gasteiger partial charge on any atom is 0.308 e. The van der Waals surface area contributed by atoms with E-state index in [1.165, 1.54) is 11.4 Å². The van der Waals surface area contributed by atoms with E-state index in [0.29, 0.717) is 25.9 Å². The summed E-state index contributed by atoms with van der Waals surface area (Å²) < 4.78 is 25.4. The smallest absolute Gasteiger partial charge is 0.308 e. The van der Waals surface area contributed by atoms with E-state index >= 15 is 0 Å². The van der Waals surface area contributed by atoms with Crippen LogP contribution in [0.3, 0.4) is 0 Å². The second-order valence-corrected chi connectivity index (χ2v) is 3.94. The lowest BCUT2D eigenvalue weighted by molar-refractivity contribution is -0.146. The second-order valence-electron chi connectivity index (χ2n) is 2.96. The lowest BCUT2D eigenvalue weighted by Crippen LogP contribution is -2.37. The molecule has 5 nitrogen and oxygen atoms in total. The Balaban J connectivity index is 2.39. The molecule has 1 unspecified atom stereocenters. The summed E-state index contributed by atoms with van der Waals surface area (Å²) in [4.78, 5) is 11.1. The first-order valence-electron chi connectivity index (χ1n) is 4.09. The van der Waals surface area contributed by atoms with E-state index in [-0.39, 0.29) is 11.9 Å². The molecular formula is C7H13NO4S. The second kappa shape index (κ2) is 4.69. The van der Waals surface area contributed by atoms with E-state index in [4.69, 9.17) is 4.55 Å². The Labute approximate surface area is 79.5 Å². The standard InChI is InChI=1S/C7H13NO4S/c1-12-7(9)6-2-4-8(5-3-6)13(10)11/h6H,2-5H2,1H3,(H,10,11). The van der Waals surface area contributed by atoms with Crippen molar-refractivity contribution in [1.82, 2.24) is 4.31 Å². The van der Waals surface area contributed by atoms with E-state index < -0.39 is 11.3 Å². The molecule has 0 bridgehead atoms. The van der Waals surface area contributed by atoms with Crippen LogP contribution in [0.25, 0.3) is 0 Å². The molecule has 76 valence electrons. The third-order valence-electron chi connectivity index (χ3n) is 2.21. The van der Waals surface area contributed by atoms with Crippen LogP contribution < -0.4 is 0 Å². The fraction of sp³-hybridized carbons (Fsp3) is 0.857. The van der Waals surface area contributed by atoms with Crippen LogP contribution in [0.4, 0.5) is 0 Å². The van der Waals surface area contributed by atoms with Gasteiger partial charge in [-0.05, 0) is 12.8 Å². The van der Waals surface area contributed by atoms with Gasteiger partial charge in [0, 0.05) is 13.1 Å². The zero-order valence-corrected chi connectivity index (χ0v) is 8.25. The van der Waals surface area contributed by atoms with Crippen LogP contribution in [0.5, 0.6) is 0 Å². The Bertz CT molecular complexity index is 213. The number of hydrogen-bond acceptors (Lipinski definition) is 3. The Morgan fingerprint density at radius 2 is 2.08 bits per heavy atom. The summed E-state index contributed by atoms with van der Waals surface area (Å²) in [6.07, 6.45) is 1.19. The molecule has 1 aliphatic heterocycles. The molecule has 6 heteroatoms. The molecule has 0 aromatic carbocycles. The SMILES string of the molecule is COC(=O)C1CCN(S(=O)O)CC1. The fourth-order valence-corrected chi connectivity index (χ4v) is 1.94. The van der Waals surface area contributed by atoms with Crippen LogP contribution in [0.1, 0.15) is 12.8 Å². The van der Waals surface area contributed by atoms with E-state index in [9.17, 15) is 9.00 Å². The van der Waals surface area contributed by atoms with Gasteiger partial charge < -0.3 is 4.74 Å². The Hall–Kier alpha value is -0.460. The molecule has 1 N–H and O–H groups in total. The van der Waals surface area contributed by atoms with E-state index in [0.717, 1.165) is 0 Å². The number of piperidine rings is 1. The average molecular weight is 207 g/mol. The molecule has 0 aromatic heterocycles. The average Bonchev–Trinajstić information content (AvgIpc) is 2.17. The van der Waals surface area contributed by atoms with Gasteiger partial charge in [-0.3, -0.25) is 9.35 Å². The summed E-state index contributed by atoms with van der Waals surface area (Å²) >= 11 is -1.90. The van der Waals surface area contributed by atoms with E-state index in [1.54, 1.807) is 0 Å². The number of carbonyl (C=O) groups excluding carboxylic acids is 1. The summed E-state index contributed by atoms with van der Waals surface area (Å²) in [6.45, 7) is 0.950. The highest BCUT2D eigenvalue weighted by Gasteiger charge is 2.27. The highest BCUT2D eigenvalue weighted by Crippen LogP contribution is 2.18. The molecule has 1 aliphatic rings. The van der Waals surface area contributed by atoms with E-state index in [2.05, 4.69) is 4.74 Å². The first-order valence-corrected chi connectivity index (χ1v) is 5.15. The zero-order valence-electron chi connectivity index (χ0n) is 7.43. The third kappa shape index (κ3) is 2.75. The molecule has 0 radical (unpaired) electrons. The number of esters is 1. The summed E-state index contributed by atoms with van der Waals surface area (Å²) in [6, 6.07) is 0. The zero-order chi connectivity index (χ0) is 9.84. The lowest BCUT2D eigenvalue weighted by Gasteiger charge is -2.26. The number of hydrogen-bond donors (Lipinski definition) is 1. The molecule has 0 aromatic rings. The van der Waals surface area contributed by atoms with Gasteiger partial charge in [-0.1, -0.05) is 0 Å². The third-order valence-corrected chi connectivity index (χ3v) is 3.02. The van der Waals surface area contributed by atoms with Crippen molar-refractivity contribution in [3.63, 3.8) is 0 Å². The summed E-state index contributed by atoms with van der Waals surface area (Å²) in [7, 11) is 1.36. The normalized spacial score (nSPS) is 22.6. The minimum Gasteiger partial charge on any atom is -0.469 e. The molecule has 0 amide bonds. The maximum atomic E-state index is 11.1. The maximum absolute atomic E-state index is 11.1. The van der Waals surface area contributed by atoms with Gasteiger partial charge in [-0.2, -0.15) is 0 Å². The predicted octanol–water partition coefficient (Wildman–Crippen LogP) is 0.00810. The van der Waals surface area contributed by atoms with Gasteiger partial charge in [0.2, 0.25) is 11.3 Å². The van der Waals surface area contributed by atoms with Crippen LogP contribution in [-0.4, -0.2) is 39.2 Å². The van der Waals surface area contributed by atoms with Gasteiger partial charge in [-0.25, -0.2) is 8.51 Å². The summed E-state index contributed by atoms with van der Waals surface area (Å²) in [5, 5.41) is 0. The highest BCUT2D eigenvalue weighted by molar-refractivity contribution is 7.76. The van der Waals surface area contributed by atoms with Crippen LogP contribution in [-0.2, 0) is 20.8 Å². The predicted molar refractivity (Wildman–Crippen MR) is 47.1 cm³/mol. The van der Waals surface area contributed by atoms with Crippen molar-refractivity contribution in [2.24, 2.45) is 5.92 Å². The van der Waals surface area contributed by atoms with Crippen LogP contribution in [0.2, 0.25) is 0 Å². The number of rotatable bonds is 2. The minimum atomic E-state index is -1.90. The number of nitrogens with zero attached hydrogens (tertiary/aromatic N) is 1. The van der Waals surface area contributed by atoms with Gasteiger partial charge in [0.05, 0.1) is 13.0 Å². The monoisotopic (exact) mass is 207 g/mol. The molecule has 0 aliphatic carbocycles. The summed E-state index contributed by atoms with van der Waals surface area (Å²) in [5.41, 5.74) is 0. The number of carbonyl (C=O) groups is 1. The van der Waals surface area contributed by atoms with Gasteiger partial charge >= 0.3 is 5.97 Å². The van der Waals surface area contributed by atoms with Crippen molar-refractivity contribution < 1.29 is 18.3 Å². The van der Waals surface area contributed by atoms with Crippen molar-refractivity contribution in [1.29, 1.82) is 0 Å². The van der Waals surface area contributed by atoms with Gasteiger partial charge in [0.1, 0.15) is 0 Å². The molecule has 1 fully saturated rings. The molecule has 0 spiro atoms. The first-order chi connectivity index (χ1) is 6.15. The molecular weight excluding hydrogens is 194 g/mol. The van der Waals surface area contributed by atoms with Crippen molar-refractivity contribution in [2.45, 2.75) is 12.8 Å². The molecule has 1 saturated heterocycles. The van der Waals surface area contributed by atoms with Gasteiger partial charge in [0.15, 0.2) is 0 Å². The Morgan fingerprint density at radius 1 is 1.54 bits per heavy atom. The largest absolute Gasteiger partial charge is 0.469 e. The summed E-state index contributed by atoms with van der Waals surface area (Å²) in [5.74, 6) is -0.326. The molecule has 0 saturated carbocycles. The van der Waals surface area contributed by atoms with E-state index in [1.807, 2.05) is 0 Å².